The molecule has 1 N–H and O–H groups in total. The molecule has 0 atom stereocenters. The third kappa shape index (κ3) is 3.34. The van der Waals surface area contributed by atoms with Crippen molar-refractivity contribution < 1.29 is 5.11 Å². The first kappa shape index (κ1) is 16.3. The van der Waals surface area contributed by atoms with Gasteiger partial charge in [-0.3, -0.25) is 0 Å². The molecule has 3 aromatic rings. The Balaban J connectivity index is 2.22. The van der Waals surface area contributed by atoms with Gasteiger partial charge in [-0.2, -0.15) is 0 Å². The number of aliphatic hydroxyl groups is 1. The van der Waals surface area contributed by atoms with E-state index in [0.717, 1.165) is 22.6 Å². The number of rotatable bonds is 4. The molecular formula is C22H23NO. The lowest BCUT2D eigenvalue weighted by Crippen LogP contribution is -2.21. The van der Waals surface area contributed by atoms with Crippen molar-refractivity contribution in [2.45, 2.75) is 26.4 Å². The number of nitrogens with zero attached hydrogens (tertiary/aromatic N) is 1. The van der Waals surface area contributed by atoms with Crippen molar-refractivity contribution in [2.75, 3.05) is 4.90 Å². The van der Waals surface area contributed by atoms with Crippen molar-refractivity contribution in [3.05, 3.63) is 90.0 Å². The summed E-state index contributed by atoms with van der Waals surface area (Å²) >= 11 is 0. The minimum absolute atomic E-state index is 0.898. The van der Waals surface area contributed by atoms with Crippen LogP contribution in [0.5, 0.6) is 0 Å². The van der Waals surface area contributed by atoms with Crippen molar-refractivity contribution in [2.24, 2.45) is 0 Å². The fourth-order valence-electron chi connectivity index (χ4n) is 2.88. The van der Waals surface area contributed by atoms with Gasteiger partial charge in [0, 0.05) is 16.9 Å². The average Bonchev–Trinajstić information content (AvgIpc) is 2.57. The van der Waals surface area contributed by atoms with E-state index in [4.69, 9.17) is 0 Å². The van der Waals surface area contributed by atoms with Crippen LogP contribution in [0.3, 0.4) is 0 Å². The molecule has 24 heavy (non-hydrogen) atoms. The molecular weight excluding hydrogens is 294 g/mol. The van der Waals surface area contributed by atoms with Crippen LogP contribution in [0.2, 0.25) is 0 Å². The number of hydrogen-bond donors (Lipinski definition) is 1. The molecule has 2 heteroatoms. The molecule has 122 valence electrons. The molecule has 0 spiro atoms. The van der Waals surface area contributed by atoms with E-state index < -0.39 is 5.60 Å². The van der Waals surface area contributed by atoms with Crippen LogP contribution in [0, 0.1) is 6.92 Å². The maximum atomic E-state index is 10.6. The second-order valence-electron chi connectivity index (χ2n) is 6.58. The smallest absolute Gasteiger partial charge is 0.0860 e. The molecule has 0 aliphatic rings. The molecule has 0 aromatic heterocycles. The fraction of sp³-hybridized carbons (Fsp3) is 0.182. The van der Waals surface area contributed by atoms with Crippen molar-refractivity contribution in [1.82, 2.24) is 0 Å². The number of aryl methyl sites for hydroxylation is 1. The van der Waals surface area contributed by atoms with Crippen LogP contribution >= 0.6 is 0 Å². The molecule has 0 aliphatic heterocycles. The minimum atomic E-state index is -0.922. The Labute approximate surface area is 144 Å². The van der Waals surface area contributed by atoms with E-state index in [9.17, 15) is 5.11 Å². The zero-order chi connectivity index (χ0) is 17.2. The number of anilines is 3. The van der Waals surface area contributed by atoms with Gasteiger partial charge in [-0.15, -0.1) is 0 Å². The van der Waals surface area contributed by atoms with E-state index in [-0.39, 0.29) is 0 Å². The van der Waals surface area contributed by atoms with Crippen LogP contribution in [-0.2, 0) is 5.60 Å². The van der Waals surface area contributed by atoms with Gasteiger partial charge in [-0.1, -0.05) is 54.1 Å². The Hall–Kier alpha value is -2.58. The summed E-state index contributed by atoms with van der Waals surface area (Å²) in [6.45, 7) is 5.73. The van der Waals surface area contributed by atoms with Crippen LogP contribution in [0.15, 0.2) is 78.9 Å². The Morgan fingerprint density at radius 3 is 1.88 bits per heavy atom. The zero-order valence-corrected chi connectivity index (χ0v) is 14.4. The summed E-state index contributed by atoms with van der Waals surface area (Å²) < 4.78 is 0. The summed E-state index contributed by atoms with van der Waals surface area (Å²) in [5.41, 5.74) is 4.33. The van der Waals surface area contributed by atoms with Gasteiger partial charge in [0.05, 0.1) is 11.3 Å². The number of para-hydroxylation sites is 2. The summed E-state index contributed by atoms with van der Waals surface area (Å²) in [5.74, 6) is 0. The maximum absolute atomic E-state index is 10.6. The molecule has 0 bridgehead atoms. The van der Waals surface area contributed by atoms with Gasteiger partial charge >= 0.3 is 0 Å². The summed E-state index contributed by atoms with van der Waals surface area (Å²) in [7, 11) is 0. The molecule has 2 nitrogen and oxygen atoms in total. The monoisotopic (exact) mass is 317 g/mol. The van der Waals surface area contributed by atoms with Crippen molar-refractivity contribution in [3.63, 3.8) is 0 Å². The van der Waals surface area contributed by atoms with Gasteiger partial charge in [-0.05, 0) is 51.1 Å². The van der Waals surface area contributed by atoms with E-state index in [2.05, 4.69) is 54.3 Å². The van der Waals surface area contributed by atoms with Gasteiger partial charge in [-0.25, -0.2) is 0 Å². The lowest BCUT2D eigenvalue weighted by molar-refractivity contribution is 0.0792. The van der Waals surface area contributed by atoms with Crippen molar-refractivity contribution >= 4 is 17.1 Å². The Morgan fingerprint density at radius 2 is 1.25 bits per heavy atom. The minimum Gasteiger partial charge on any atom is -0.386 e. The van der Waals surface area contributed by atoms with Crippen LogP contribution in [0.1, 0.15) is 25.0 Å². The zero-order valence-electron chi connectivity index (χ0n) is 14.4. The van der Waals surface area contributed by atoms with Gasteiger partial charge in [0.15, 0.2) is 0 Å². The third-order valence-corrected chi connectivity index (χ3v) is 4.11. The van der Waals surface area contributed by atoms with Crippen molar-refractivity contribution in [1.29, 1.82) is 0 Å². The molecule has 0 saturated carbocycles. The molecule has 3 aromatic carbocycles. The van der Waals surface area contributed by atoms with E-state index in [1.165, 1.54) is 5.56 Å². The van der Waals surface area contributed by atoms with E-state index >= 15 is 0 Å². The number of hydrogen-bond acceptors (Lipinski definition) is 2. The normalized spacial score (nSPS) is 11.3. The Bertz CT molecular complexity index is 801. The second-order valence-corrected chi connectivity index (χ2v) is 6.58. The highest BCUT2D eigenvalue weighted by atomic mass is 16.3. The predicted octanol–water partition coefficient (Wildman–Crippen LogP) is 5.69. The quantitative estimate of drug-likeness (QED) is 0.668. The third-order valence-electron chi connectivity index (χ3n) is 4.11. The topological polar surface area (TPSA) is 23.5 Å². The summed E-state index contributed by atoms with van der Waals surface area (Å²) in [4.78, 5) is 2.19. The van der Waals surface area contributed by atoms with Crippen molar-refractivity contribution in [3.8, 4) is 0 Å². The molecule has 0 unspecified atom stereocenters. The van der Waals surface area contributed by atoms with Gasteiger partial charge in [0.2, 0.25) is 0 Å². The average molecular weight is 317 g/mol. The van der Waals surface area contributed by atoms with E-state index in [0.29, 0.717) is 0 Å². The molecule has 3 rings (SSSR count). The summed E-state index contributed by atoms with van der Waals surface area (Å²) in [6, 6.07) is 26.7. The first-order valence-electron chi connectivity index (χ1n) is 8.20. The molecule has 0 heterocycles. The van der Waals surface area contributed by atoms with Gasteiger partial charge in [0.25, 0.3) is 0 Å². The highest BCUT2D eigenvalue weighted by Crippen LogP contribution is 2.39. The lowest BCUT2D eigenvalue weighted by Gasteiger charge is -2.31. The van der Waals surface area contributed by atoms with Gasteiger partial charge < -0.3 is 10.0 Å². The number of benzene rings is 3. The van der Waals surface area contributed by atoms with Gasteiger partial charge in [0.1, 0.15) is 0 Å². The Kier molecular flexibility index (Phi) is 4.41. The SMILES string of the molecule is Cc1ccc(N(c2ccccc2)c2ccccc2C(C)(C)O)cc1. The molecule has 0 fully saturated rings. The summed E-state index contributed by atoms with van der Waals surface area (Å²) in [5, 5.41) is 10.6. The molecule has 0 saturated heterocycles. The Morgan fingerprint density at radius 1 is 0.708 bits per heavy atom. The van der Waals surface area contributed by atoms with Crippen LogP contribution in [0.4, 0.5) is 17.1 Å². The highest BCUT2D eigenvalue weighted by molar-refractivity contribution is 5.78. The molecule has 0 radical (unpaired) electrons. The summed E-state index contributed by atoms with van der Waals surface area (Å²) in [6.07, 6.45) is 0. The first-order chi connectivity index (χ1) is 11.5. The standard InChI is InChI=1S/C22H23NO/c1-17-13-15-19(16-14-17)23(18-9-5-4-6-10-18)21-12-8-7-11-20(21)22(2,3)24/h4-16,24H,1-3H3. The maximum Gasteiger partial charge on any atom is 0.0860 e. The van der Waals surface area contributed by atoms with E-state index in [1.54, 1.807) is 0 Å². The highest BCUT2D eigenvalue weighted by Gasteiger charge is 2.24. The largest absolute Gasteiger partial charge is 0.386 e. The van der Waals surface area contributed by atoms with Crippen LogP contribution < -0.4 is 4.90 Å². The second kappa shape index (κ2) is 6.50. The molecule has 0 aliphatic carbocycles. The molecule has 0 amide bonds. The lowest BCUT2D eigenvalue weighted by atomic mass is 9.95. The van der Waals surface area contributed by atoms with Crippen LogP contribution in [-0.4, -0.2) is 5.11 Å². The van der Waals surface area contributed by atoms with E-state index in [1.807, 2.05) is 50.2 Å². The predicted molar refractivity (Wildman–Crippen MR) is 101 cm³/mol. The van der Waals surface area contributed by atoms with Crippen LogP contribution in [0.25, 0.3) is 0 Å². The fourth-order valence-corrected chi connectivity index (χ4v) is 2.88. The first-order valence-corrected chi connectivity index (χ1v) is 8.20.